The second kappa shape index (κ2) is 5.56. The van der Waals surface area contributed by atoms with Gasteiger partial charge in [-0.3, -0.25) is 9.59 Å². The van der Waals surface area contributed by atoms with Gasteiger partial charge >= 0.3 is 0 Å². The number of fused-ring (bicyclic) bond motifs is 2. The molecule has 134 valence electrons. The molecule has 6 rings (SSSR count). The fraction of sp³-hybridized carbons (Fsp3) is 0.857. The lowest BCUT2D eigenvalue weighted by Gasteiger charge is -2.61. The molecule has 6 fully saturated rings. The monoisotopic (exact) mass is 340 g/mol. The number of carbonyl (C=O) groups excluding carboxylic acids is 2. The molecule has 0 aromatic heterocycles. The van der Waals surface area contributed by atoms with E-state index < -0.39 is 0 Å². The number of hydrogen-bond donors (Lipinski definition) is 0. The van der Waals surface area contributed by atoms with E-state index in [-0.39, 0.29) is 23.3 Å². The predicted molar refractivity (Wildman–Crippen MR) is 92.2 cm³/mol. The molecule has 1 unspecified atom stereocenters. The fourth-order valence-corrected chi connectivity index (χ4v) is 7.71. The number of nitrogens with zero attached hydrogens (tertiary/aromatic N) is 2. The number of nitriles is 1. The van der Waals surface area contributed by atoms with Crippen molar-refractivity contribution >= 4 is 11.7 Å². The van der Waals surface area contributed by atoms with E-state index >= 15 is 0 Å². The minimum absolute atomic E-state index is 0.00750. The molecule has 6 aliphatic carbocycles. The summed E-state index contributed by atoms with van der Waals surface area (Å²) in [6.07, 6.45) is 10.4. The van der Waals surface area contributed by atoms with Gasteiger partial charge < -0.3 is 4.90 Å². The molecule has 0 spiro atoms. The van der Waals surface area contributed by atoms with E-state index in [1.165, 1.54) is 19.3 Å². The summed E-state index contributed by atoms with van der Waals surface area (Å²) in [6.45, 7) is 0.573. The molecule has 0 aromatic rings. The van der Waals surface area contributed by atoms with E-state index in [0.717, 1.165) is 49.9 Å². The second-order valence-electron chi connectivity index (χ2n) is 9.76. The molecule has 6 bridgehead atoms. The highest BCUT2D eigenvalue weighted by Crippen LogP contribution is 2.58. The van der Waals surface area contributed by atoms with E-state index in [9.17, 15) is 9.59 Å². The van der Waals surface area contributed by atoms with Crippen LogP contribution in [0.3, 0.4) is 0 Å². The smallest absolute Gasteiger partial charge is 0.226 e. The Morgan fingerprint density at radius 1 is 1.04 bits per heavy atom. The number of amides is 1. The van der Waals surface area contributed by atoms with Crippen LogP contribution in [0.4, 0.5) is 0 Å². The predicted octanol–water partition coefficient (Wildman–Crippen LogP) is 3.31. The van der Waals surface area contributed by atoms with Crippen LogP contribution in [0.2, 0.25) is 0 Å². The van der Waals surface area contributed by atoms with E-state index in [2.05, 4.69) is 11.0 Å². The van der Waals surface area contributed by atoms with Gasteiger partial charge in [0.25, 0.3) is 0 Å². The number of carbonyl (C=O) groups is 2. The van der Waals surface area contributed by atoms with E-state index in [1.54, 1.807) is 0 Å². The summed E-state index contributed by atoms with van der Waals surface area (Å²) in [6, 6.07) is 2.26. The molecule has 1 amide bonds. The summed E-state index contributed by atoms with van der Waals surface area (Å²) >= 11 is 0. The average Bonchev–Trinajstić information content (AvgIpc) is 3.12. The molecule has 4 heteroatoms. The van der Waals surface area contributed by atoms with Crippen molar-refractivity contribution in [3.63, 3.8) is 0 Å². The summed E-state index contributed by atoms with van der Waals surface area (Å²) in [7, 11) is 0. The largest absolute Gasteiger partial charge is 0.336 e. The van der Waals surface area contributed by atoms with Gasteiger partial charge in [-0.15, -0.1) is 0 Å². The van der Waals surface area contributed by atoms with Crippen molar-refractivity contribution in [2.45, 2.75) is 69.7 Å². The summed E-state index contributed by atoms with van der Waals surface area (Å²) in [5, 5.41) is 9.15. The van der Waals surface area contributed by atoms with Crippen LogP contribution in [0.5, 0.6) is 0 Å². The third kappa shape index (κ3) is 2.38. The minimum Gasteiger partial charge on any atom is -0.336 e. The van der Waals surface area contributed by atoms with Gasteiger partial charge in [-0.2, -0.15) is 5.26 Å². The molecule has 4 nitrogen and oxygen atoms in total. The van der Waals surface area contributed by atoms with Gasteiger partial charge in [0.2, 0.25) is 5.91 Å². The molecule has 3 atom stereocenters. The van der Waals surface area contributed by atoms with E-state index in [1.807, 2.05) is 0 Å². The Morgan fingerprint density at radius 3 is 2.20 bits per heavy atom. The SMILES string of the molecule is N#CCCN(C(=O)C1C[C@H]2CC(=O)[C@@H]1C2)C12CC3CC(CC(C3)C1)C2. The third-order valence-electron chi connectivity index (χ3n) is 8.17. The van der Waals surface area contributed by atoms with Crippen LogP contribution in [-0.2, 0) is 9.59 Å². The molecule has 0 saturated heterocycles. The summed E-state index contributed by atoms with van der Waals surface area (Å²) in [4.78, 5) is 27.9. The lowest BCUT2D eigenvalue weighted by molar-refractivity contribution is -0.158. The zero-order chi connectivity index (χ0) is 17.2. The van der Waals surface area contributed by atoms with Gasteiger partial charge in [0.1, 0.15) is 5.78 Å². The molecule has 0 radical (unpaired) electrons. The molecule has 0 N–H and O–H groups in total. The first kappa shape index (κ1) is 15.9. The average molecular weight is 340 g/mol. The van der Waals surface area contributed by atoms with Crippen molar-refractivity contribution in [2.24, 2.45) is 35.5 Å². The van der Waals surface area contributed by atoms with Crippen LogP contribution in [0.25, 0.3) is 0 Å². The number of ketones is 1. The van der Waals surface area contributed by atoms with Crippen molar-refractivity contribution in [1.82, 2.24) is 4.90 Å². The molecule has 6 saturated carbocycles. The number of hydrogen-bond acceptors (Lipinski definition) is 3. The van der Waals surface area contributed by atoms with Crippen molar-refractivity contribution in [1.29, 1.82) is 5.26 Å². The van der Waals surface area contributed by atoms with Crippen LogP contribution < -0.4 is 0 Å². The number of rotatable bonds is 4. The summed E-state index contributed by atoms with van der Waals surface area (Å²) in [5.74, 6) is 3.23. The van der Waals surface area contributed by atoms with Gasteiger partial charge in [0, 0.05) is 30.3 Å². The van der Waals surface area contributed by atoms with Gasteiger partial charge in [0.05, 0.1) is 12.5 Å². The van der Waals surface area contributed by atoms with Gasteiger partial charge in [-0.25, -0.2) is 0 Å². The zero-order valence-electron chi connectivity index (χ0n) is 15.0. The van der Waals surface area contributed by atoms with Crippen molar-refractivity contribution in [2.75, 3.05) is 6.54 Å². The van der Waals surface area contributed by atoms with Crippen molar-refractivity contribution < 1.29 is 9.59 Å². The quantitative estimate of drug-likeness (QED) is 0.789. The number of Topliss-reactive ketones (excluding diaryl/α,β-unsaturated/α-hetero) is 1. The fourth-order valence-electron chi connectivity index (χ4n) is 7.71. The summed E-state index contributed by atoms with van der Waals surface area (Å²) in [5.41, 5.74) is 0.00750. The Hall–Kier alpha value is -1.37. The Kier molecular flexibility index (Phi) is 3.53. The zero-order valence-corrected chi connectivity index (χ0v) is 15.0. The molecular formula is C21H28N2O2. The van der Waals surface area contributed by atoms with Gasteiger partial charge in [0.15, 0.2) is 0 Å². The van der Waals surface area contributed by atoms with E-state index in [4.69, 9.17) is 5.26 Å². The Morgan fingerprint density at radius 2 is 1.68 bits per heavy atom. The lowest BCUT2D eigenvalue weighted by Crippen LogP contribution is -2.63. The maximum absolute atomic E-state index is 13.6. The lowest BCUT2D eigenvalue weighted by atomic mass is 9.52. The minimum atomic E-state index is -0.0852. The molecule has 6 aliphatic rings. The Bertz CT molecular complexity index is 613. The molecule has 0 aliphatic heterocycles. The van der Waals surface area contributed by atoms with Crippen LogP contribution >= 0.6 is 0 Å². The maximum Gasteiger partial charge on any atom is 0.226 e. The Balaban J connectivity index is 1.43. The highest BCUT2D eigenvalue weighted by Gasteiger charge is 2.57. The highest BCUT2D eigenvalue weighted by atomic mass is 16.2. The van der Waals surface area contributed by atoms with Crippen LogP contribution in [0.1, 0.15) is 64.2 Å². The third-order valence-corrected chi connectivity index (χ3v) is 8.17. The van der Waals surface area contributed by atoms with Crippen molar-refractivity contribution in [3.8, 4) is 6.07 Å². The van der Waals surface area contributed by atoms with Gasteiger partial charge in [-0.05, 0) is 75.0 Å². The first-order valence-electron chi connectivity index (χ1n) is 10.3. The summed E-state index contributed by atoms with van der Waals surface area (Å²) < 4.78 is 0. The topological polar surface area (TPSA) is 61.2 Å². The molecule has 25 heavy (non-hydrogen) atoms. The van der Waals surface area contributed by atoms with E-state index in [0.29, 0.717) is 31.1 Å². The second-order valence-corrected chi connectivity index (χ2v) is 9.76. The Labute approximate surface area is 149 Å². The molecular weight excluding hydrogens is 312 g/mol. The first-order valence-corrected chi connectivity index (χ1v) is 10.3. The first-order chi connectivity index (χ1) is 12.1. The highest BCUT2D eigenvalue weighted by molar-refractivity contribution is 5.92. The molecule has 0 heterocycles. The normalized spacial score (nSPS) is 46.4. The van der Waals surface area contributed by atoms with Crippen LogP contribution in [0, 0.1) is 46.8 Å². The van der Waals surface area contributed by atoms with Crippen LogP contribution in [0.15, 0.2) is 0 Å². The van der Waals surface area contributed by atoms with Crippen molar-refractivity contribution in [3.05, 3.63) is 0 Å². The standard InChI is InChI=1S/C21H28N2O2/c22-2-1-3-23(20(25)18-8-13-7-17(18)19(24)9-13)21-10-14-4-15(11-21)6-16(5-14)12-21/h13-18H,1,3-12H2/t13-,14?,15?,16?,17+,18?,21?/m0/s1. The maximum atomic E-state index is 13.6. The molecule has 0 aromatic carbocycles. The van der Waals surface area contributed by atoms with Gasteiger partial charge in [-0.1, -0.05) is 0 Å². The van der Waals surface area contributed by atoms with Crippen LogP contribution in [-0.4, -0.2) is 28.7 Å².